The fourth-order valence-corrected chi connectivity index (χ4v) is 2.62. The Morgan fingerprint density at radius 2 is 2.11 bits per heavy atom. The Morgan fingerprint density at radius 1 is 1.44 bits per heavy atom. The molecule has 1 unspecified atom stereocenters. The first-order valence-electron chi connectivity index (χ1n) is 5.38. The molecule has 6 nitrogen and oxygen atoms in total. The standard InChI is InChI=1S/C11H16N2O4S/c1-8(2)10(11(14)17-3)13-18(15,16)9-5-4-6-12-7-9/h4-8,10,13H,1-3H3. The smallest absolute Gasteiger partial charge is 0.324 e. The van der Waals surface area contributed by atoms with Gasteiger partial charge in [-0.3, -0.25) is 9.78 Å². The van der Waals surface area contributed by atoms with E-state index in [0.29, 0.717) is 0 Å². The molecule has 0 aliphatic rings. The minimum atomic E-state index is -3.77. The lowest BCUT2D eigenvalue weighted by molar-refractivity contribution is -0.143. The maximum Gasteiger partial charge on any atom is 0.324 e. The Morgan fingerprint density at radius 3 is 2.56 bits per heavy atom. The molecule has 1 aromatic rings. The van der Waals surface area contributed by atoms with E-state index < -0.39 is 22.0 Å². The number of nitrogens with zero attached hydrogens (tertiary/aromatic N) is 1. The van der Waals surface area contributed by atoms with E-state index in [-0.39, 0.29) is 10.8 Å². The highest BCUT2D eigenvalue weighted by Crippen LogP contribution is 2.11. The summed E-state index contributed by atoms with van der Waals surface area (Å²) in [5.74, 6) is -0.832. The highest BCUT2D eigenvalue weighted by Gasteiger charge is 2.28. The van der Waals surface area contributed by atoms with Gasteiger partial charge in [-0.15, -0.1) is 0 Å². The van der Waals surface area contributed by atoms with Crippen LogP contribution >= 0.6 is 0 Å². The predicted octanol–water partition coefficient (Wildman–Crippen LogP) is 0.557. The topological polar surface area (TPSA) is 85.4 Å². The molecule has 0 aliphatic carbocycles. The van der Waals surface area contributed by atoms with Crippen LogP contribution in [-0.2, 0) is 19.6 Å². The first-order valence-corrected chi connectivity index (χ1v) is 6.87. The quantitative estimate of drug-likeness (QED) is 0.791. The molecule has 100 valence electrons. The summed E-state index contributed by atoms with van der Waals surface area (Å²) in [5.41, 5.74) is 0. The van der Waals surface area contributed by atoms with E-state index in [0.717, 1.165) is 0 Å². The van der Waals surface area contributed by atoms with Gasteiger partial charge in [-0.25, -0.2) is 8.42 Å². The number of esters is 1. The third kappa shape index (κ3) is 3.51. The maximum atomic E-state index is 12.0. The number of carbonyl (C=O) groups is 1. The second-order valence-corrected chi connectivity index (χ2v) is 5.77. The largest absolute Gasteiger partial charge is 0.468 e. The molecule has 1 aromatic heterocycles. The Labute approximate surface area is 106 Å². The second kappa shape index (κ2) is 5.92. The molecule has 0 radical (unpaired) electrons. The van der Waals surface area contributed by atoms with E-state index in [1.165, 1.54) is 31.6 Å². The number of pyridine rings is 1. The average molecular weight is 272 g/mol. The van der Waals surface area contributed by atoms with E-state index in [2.05, 4.69) is 14.4 Å². The molecule has 0 aromatic carbocycles. The zero-order valence-corrected chi connectivity index (χ0v) is 11.3. The van der Waals surface area contributed by atoms with Crippen LogP contribution in [0, 0.1) is 5.92 Å². The normalized spacial score (nSPS) is 13.3. The number of methoxy groups -OCH3 is 1. The van der Waals surface area contributed by atoms with Crippen molar-refractivity contribution in [2.24, 2.45) is 5.92 Å². The molecule has 1 rings (SSSR count). The van der Waals surface area contributed by atoms with Crippen LogP contribution in [0.2, 0.25) is 0 Å². The van der Waals surface area contributed by atoms with Crippen molar-refractivity contribution in [2.45, 2.75) is 24.8 Å². The van der Waals surface area contributed by atoms with E-state index in [4.69, 9.17) is 0 Å². The van der Waals surface area contributed by atoms with Crippen molar-refractivity contribution in [2.75, 3.05) is 7.11 Å². The first kappa shape index (κ1) is 14.6. The predicted molar refractivity (Wildman–Crippen MR) is 65.2 cm³/mol. The lowest BCUT2D eigenvalue weighted by atomic mass is 10.1. The minimum absolute atomic E-state index is 0.0135. The van der Waals surface area contributed by atoms with Gasteiger partial charge >= 0.3 is 5.97 Å². The zero-order chi connectivity index (χ0) is 13.8. The Balaban J connectivity index is 2.97. The maximum absolute atomic E-state index is 12.0. The summed E-state index contributed by atoms with van der Waals surface area (Å²) in [4.78, 5) is 15.2. The molecule has 1 N–H and O–H groups in total. The van der Waals surface area contributed by atoms with Crippen molar-refractivity contribution in [3.8, 4) is 0 Å². The average Bonchev–Trinajstić information content (AvgIpc) is 2.36. The van der Waals surface area contributed by atoms with Crippen LogP contribution in [0.1, 0.15) is 13.8 Å². The Kier molecular flexibility index (Phi) is 4.80. The number of carbonyl (C=O) groups excluding carboxylic acids is 1. The summed E-state index contributed by atoms with van der Waals surface area (Å²) in [6.07, 6.45) is 2.69. The molecular formula is C11H16N2O4S. The number of ether oxygens (including phenoxy) is 1. The van der Waals surface area contributed by atoms with E-state index in [1.54, 1.807) is 13.8 Å². The third-order valence-electron chi connectivity index (χ3n) is 2.35. The summed E-state index contributed by atoms with van der Waals surface area (Å²) >= 11 is 0. The molecule has 1 atom stereocenters. The van der Waals surface area contributed by atoms with Gasteiger partial charge in [0, 0.05) is 12.4 Å². The van der Waals surface area contributed by atoms with Crippen LogP contribution in [0.5, 0.6) is 0 Å². The van der Waals surface area contributed by atoms with E-state index >= 15 is 0 Å². The monoisotopic (exact) mass is 272 g/mol. The van der Waals surface area contributed by atoms with Gasteiger partial charge < -0.3 is 4.74 Å². The molecule has 7 heteroatoms. The number of nitrogens with one attached hydrogen (secondary N) is 1. The third-order valence-corrected chi connectivity index (χ3v) is 3.77. The van der Waals surface area contributed by atoms with Crippen LogP contribution in [0.4, 0.5) is 0 Å². The van der Waals surface area contributed by atoms with Crippen molar-refractivity contribution in [3.63, 3.8) is 0 Å². The lowest BCUT2D eigenvalue weighted by Gasteiger charge is -2.19. The van der Waals surface area contributed by atoms with Gasteiger partial charge in [0.15, 0.2) is 0 Å². The second-order valence-electron chi connectivity index (χ2n) is 4.05. The SMILES string of the molecule is COC(=O)C(NS(=O)(=O)c1cccnc1)C(C)C. The van der Waals surface area contributed by atoms with E-state index in [1.807, 2.05) is 0 Å². The molecular weight excluding hydrogens is 256 g/mol. The van der Waals surface area contributed by atoms with Crippen LogP contribution in [0.3, 0.4) is 0 Å². The van der Waals surface area contributed by atoms with Gasteiger partial charge in [0.25, 0.3) is 0 Å². The van der Waals surface area contributed by atoms with Crippen LogP contribution in [0.15, 0.2) is 29.4 Å². The molecule has 0 aliphatic heterocycles. The summed E-state index contributed by atoms with van der Waals surface area (Å²) in [7, 11) is -2.55. The zero-order valence-electron chi connectivity index (χ0n) is 10.5. The summed E-state index contributed by atoms with van der Waals surface area (Å²) in [6, 6.07) is 2.00. The first-order chi connectivity index (χ1) is 8.38. The summed E-state index contributed by atoms with van der Waals surface area (Å²) in [5, 5.41) is 0. The fraction of sp³-hybridized carbons (Fsp3) is 0.455. The van der Waals surface area contributed by atoms with Gasteiger partial charge in [-0.1, -0.05) is 13.8 Å². The molecule has 0 fully saturated rings. The van der Waals surface area contributed by atoms with Crippen molar-refractivity contribution in [3.05, 3.63) is 24.5 Å². The lowest BCUT2D eigenvalue weighted by Crippen LogP contribution is -2.44. The number of rotatable bonds is 5. The minimum Gasteiger partial charge on any atom is -0.468 e. The Hall–Kier alpha value is -1.47. The highest BCUT2D eigenvalue weighted by atomic mass is 32.2. The van der Waals surface area contributed by atoms with Crippen molar-refractivity contribution in [1.29, 1.82) is 0 Å². The molecule has 0 saturated carbocycles. The summed E-state index contributed by atoms with van der Waals surface area (Å²) in [6.45, 7) is 3.46. The van der Waals surface area contributed by atoms with Gasteiger partial charge in [0.2, 0.25) is 10.0 Å². The number of hydrogen-bond donors (Lipinski definition) is 1. The van der Waals surface area contributed by atoms with Gasteiger partial charge in [-0.05, 0) is 18.1 Å². The highest BCUT2D eigenvalue weighted by molar-refractivity contribution is 7.89. The summed E-state index contributed by atoms with van der Waals surface area (Å²) < 4.78 is 30.9. The number of sulfonamides is 1. The fourth-order valence-electron chi connectivity index (χ4n) is 1.32. The van der Waals surface area contributed by atoms with Gasteiger partial charge in [-0.2, -0.15) is 4.72 Å². The molecule has 1 heterocycles. The Bertz CT molecular complexity index is 499. The van der Waals surface area contributed by atoms with Crippen LogP contribution in [-0.4, -0.2) is 32.5 Å². The van der Waals surface area contributed by atoms with Gasteiger partial charge in [0.1, 0.15) is 10.9 Å². The molecule has 0 bridgehead atoms. The molecule has 0 saturated heterocycles. The molecule has 0 amide bonds. The van der Waals surface area contributed by atoms with Crippen LogP contribution in [0.25, 0.3) is 0 Å². The van der Waals surface area contributed by atoms with Gasteiger partial charge in [0.05, 0.1) is 7.11 Å². The van der Waals surface area contributed by atoms with Crippen molar-refractivity contribution < 1.29 is 17.9 Å². The van der Waals surface area contributed by atoms with Crippen molar-refractivity contribution >= 4 is 16.0 Å². The molecule has 0 spiro atoms. The number of aromatic nitrogens is 1. The molecule has 18 heavy (non-hydrogen) atoms. The number of hydrogen-bond acceptors (Lipinski definition) is 5. The van der Waals surface area contributed by atoms with Crippen molar-refractivity contribution in [1.82, 2.24) is 9.71 Å². The van der Waals surface area contributed by atoms with E-state index in [9.17, 15) is 13.2 Å². The van der Waals surface area contributed by atoms with Crippen LogP contribution < -0.4 is 4.72 Å².